The van der Waals surface area contributed by atoms with E-state index in [1.165, 1.54) is 0 Å². The third kappa shape index (κ3) is 5.02. The summed E-state index contributed by atoms with van der Waals surface area (Å²) in [5.41, 5.74) is 1.74. The highest BCUT2D eigenvalue weighted by Crippen LogP contribution is 2.25. The van der Waals surface area contributed by atoms with Crippen molar-refractivity contribution in [2.24, 2.45) is 15.9 Å². The molecule has 2 heterocycles. The number of benzene rings is 1. The Labute approximate surface area is 194 Å². The Morgan fingerprint density at radius 1 is 1.31 bits per heavy atom. The van der Waals surface area contributed by atoms with Crippen LogP contribution < -0.4 is 5.32 Å². The first-order valence-electron chi connectivity index (χ1n) is 10.6. The predicted molar refractivity (Wildman–Crippen MR) is 129 cm³/mol. The van der Waals surface area contributed by atoms with Gasteiger partial charge in [-0.15, -0.1) is 0 Å². The van der Waals surface area contributed by atoms with Gasteiger partial charge in [0.2, 0.25) is 5.96 Å². The number of hydrogen-bond donors (Lipinski definition) is 1. The number of aliphatic imine (C=N–C) groups is 2. The molecule has 0 spiro atoms. The van der Waals surface area contributed by atoms with Crippen molar-refractivity contribution in [1.29, 1.82) is 0 Å². The highest BCUT2D eigenvalue weighted by Gasteiger charge is 2.39. The maximum absolute atomic E-state index is 12.8. The van der Waals surface area contributed by atoms with Crippen LogP contribution in [0.5, 0.6) is 0 Å². The average molecular weight is 456 g/mol. The van der Waals surface area contributed by atoms with Gasteiger partial charge in [0.25, 0.3) is 0 Å². The molecule has 8 nitrogen and oxygen atoms in total. The lowest BCUT2D eigenvalue weighted by molar-refractivity contribution is 0.196. The van der Waals surface area contributed by atoms with E-state index in [2.05, 4.69) is 40.9 Å². The molecule has 1 aromatic carbocycles. The molecule has 32 heavy (non-hydrogen) atoms. The number of rotatable bonds is 6. The molecule has 2 aromatic rings. The number of guanidine groups is 1. The van der Waals surface area contributed by atoms with Gasteiger partial charge in [-0.05, 0) is 56.8 Å². The number of allylic oxidation sites excluding steroid dienone is 1. The van der Waals surface area contributed by atoms with Crippen LogP contribution in [0.15, 0.2) is 58.7 Å². The molecule has 170 valence electrons. The molecular weight excluding hydrogens is 426 g/mol. The van der Waals surface area contributed by atoms with Gasteiger partial charge in [0.1, 0.15) is 5.82 Å². The van der Waals surface area contributed by atoms with E-state index in [1.54, 1.807) is 16.1 Å². The van der Waals surface area contributed by atoms with Crippen molar-refractivity contribution >= 4 is 30.3 Å². The minimum absolute atomic E-state index is 0.0533. The Morgan fingerprint density at radius 2 is 2.00 bits per heavy atom. The lowest BCUT2D eigenvalue weighted by atomic mass is 10.0. The monoisotopic (exact) mass is 455 g/mol. The molecule has 1 N–H and O–H groups in total. The fraction of sp³-hybridized carbons (Fsp3) is 0.391. The number of nitrogens with zero attached hydrogens (tertiary/aromatic N) is 6. The molecule has 0 bridgehead atoms. The van der Waals surface area contributed by atoms with Crippen LogP contribution in [0.1, 0.15) is 39.4 Å². The normalized spacial score (nSPS) is 18.5. The zero-order valence-electron chi connectivity index (χ0n) is 19.2. The van der Waals surface area contributed by atoms with Gasteiger partial charge in [0.15, 0.2) is 0 Å². The van der Waals surface area contributed by atoms with Crippen LogP contribution in [0.3, 0.4) is 0 Å². The van der Waals surface area contributed by atoms with E-state index in [4.69, 9.17) is 11.6 Å². The second kappa shape index (κ2) is 9.99. The highest BCUT2D eigenvalue weighted by molar-refractivity contribution is 6.30. The third-order valence-corrected chi connectivity index (χ3v) is 5.74. The smallest absolute Gasteiger partial charge is 0.325 e. The topological polar surface area (TPSA) is 78.1 Å². The Hall–Kier alpha value is -3.13. The summed E-state index contributed by atoms with van der Waals surface area (Å²) in [6.07, 6.45) is 5.51. The largest absolute Gasteiger partial charge is 0.325 e. The number of carbonyl (C=O) groups is 1. The van der Waals surface area contributed by atoms with E-state index in [9.17, 15) is 4.79 Å². The average Bonchev–Trinajstić information content (AvgIpc) is 3.37. The van der Waals surface area contributed by atoms with Crippen LogP contribution in [0.2, 0.25) is 5.02 Å². The van der Waals surface area contributed by atoms with Crippen molar-refractivity contribution < 1.29 is 4.79 Å². The van der Waals surface area contributed by atoms with Gasteiger partial charge in [-0.1, -0.05) is 25.4 Å². The van der Waals surface area contributed by atoms with E-state index in [0.717, 1.165) is 11.4 Å². The number of halogens is 1. The molecule has 0 unspecified atom stereocenters. The van der Waals surface area contributed by atoms with Gasteiger partial charge in [-0.3, -0.25) is 4.90 Å². The number of imidazole rings is 1. The molecule has 1 fully saturated rings. The Balaban J connectivity index is 1.78. The number of aromatic nitrogens is 2. The highest BCUT2D eigenvalue weighted by atomic mass is 35.5. The number of likely N-dealkylation sites (N-methyl/N-ethyl adjacent to an activating group) is 1. The maximum atomic E-state index is 12.8. The Morgan fingerprint density at radius 3 is 2.59 bits per heavy atom. The lowest BCUT2D eigenvalue weighted by Crippen LogP contribution is -2.43. The van der Waals surface area contributed by atoms with Crippen LogP contribution in [0.25, 0.3) is 5.69 Å². The molecule has 0 saturated carbocycles. The molecule has 1 aliphatic heterocycles. The summed E-state index contributed by atoms with van der Waals surface area (Å²) < 4.78 is 1.91. The summed E-state index contributed by atoms with van der Waals surface area (Å²) in [6, 6.07) is 7.25. The molecule has 0 aliphatic carbocycles. The summed E-state index contributed by atoms with van der Waals surface area (Å²) in [5.74, 6) is 1.27. The molecule has 9 heteroatoms. The molecule has 1 aromatic heterocycles. The fourth-order valence-electron chi connectivity index (χ4n) is 3.61. The first-order valence-corrected chi connectivity index (χ1v) is 10.9. The number of amides is 2. The fourth-order valence-corrected chi connectivity index (χ4v) is 3.74. The van der Waals surface area contributed by atoms with Crippen molar-refractivity contribution in [2.75, 3.05) is 13.6 Å². The molecular formula is C23H30ClN7O. The Bertz CT molecular complexity index is 1030. The molecule has 1 saturated heterocycles. The minimum atomic E-state index is -0.271. The van der Waals surface area contributed by atoms with E-state index >= 15 is 0 Å². The van der Waals surface area contributed by atoms with Crippen molar-refractivity contribution in [2.45, 2.75) is 39.8 Å². The summed E-state index contributed by atoms with van der Waals surface area (Å²) >= 11 is 5.97. The number of urea groups is 1. The molecule has 0 radical (unpaired) electrons. The van der Waals surface area contributed by atoms with Crippen LogP contribution in [0, 0.1) is 5.92 Å². The third-order valence-electron chi connectivity index (χ3n) is 5.49. The quantitative estimate of drug-likeness (QED) is 0.515. The van der Waals surface area contributed by atoms with Crippen molar-refractivity contribution in [1.82, 2.24) is 24.7 Å². The van der Waals surface area contributed by atoms with Crippen LogP contribution in [-0.2, 0) is 0 Å². The first kappa shape index (κ1) is 23.5. The zero-order valence-corrected chi connectivity index (χ0v) is 19.9. The molecule has 1 aliphatic rings. The van der Waals surface area contributed by atoms with Crippen molar-refractivity contribution in [3.05, 3.63) is 59.4 Å². The molecule has 2 atom stereocenters. The standard InChI is InChI=1S/C23H30ClN7O/c1-7-21(31-20(15(2)3)13-29(6)23(31)32)28-22(25-5)27-16(4)19-12-30(14-26-19)18-10-8-17(24)9-11-18/h7-12,14-16,20H,5,13H2,1-4,6H3,(H,27,28)/b21-7+/t16-,20-/m1/s1. The van der Waals surface area contributed by atoms with Gasteiger partial charge in [0, 0.05) is 30.5 Å². The SMILES string of the molecule is C=NC(=N[C@H](C)c1cn(-c2ccc(Cl)cc2)cn1)N/C(=C\C)N1C(=O)N(C)C[C@@H]1C(C)C. The van der Waals surface area contributed by atoms with E-state index < -0.39 is 0 Å². The van der Waals surface area contributed by atoms with E-state index in [0.29, 0.717) is 29.3 Å². The van der Waals surface area contributed by atoms with Gasteiger partial charge < -0.3 is 14.8 Å². The van der Waals surface area contributed by atoms with Crippen molar-refractivity contribution in [3.63, 3.8) is 0 Å². The predicted octanol–water partition coefficient (Wildman–Crippen LogP) is 4.49. The summed E-state index contributed by atoms with van der Waals surface area (Å²) in [7, 11) is 1.81. The Kier molecular flexibility index (Phi) is 7.35. The van der Waals surface area contributed by atoms with Gasteiger partial charge in [-0.25, -0.2) is 19.8 Å². The van der Waals surface area contributed by atoms with Crippen LogP contribution in [-0.4, -0.2) is 57.7 Å². The summed E-state index contributed by atoms with van der Waals surface area (Å²) in [4.78, 5) is 29.4. The number of hydrogen-bond acceptors (Lipinski definition) is 3. The van der Waals surface area contributed by atoms with E-state index in [1.807, 2.05) is 62.0 Å². The lowest BCUT2D eigenvalue weighted by Gasteiger charge is -2.28. The molecule has 2 amide bonds. The second-order valence-corrected chi connectivity index (χ2v) is 8.55. The minimum Gasteiger partial charge on any atom is -0.325 e. The number of carbonyl (C=O) groups excluding carboxylic acids is 1. The first-order chi connectivity index (χ1) is 15.2. The van der Waals surface area contributed by atoms with E-state index in [-0.39, 0.29) is 18.1 Å². The van der Waals surface area contributed by atoms with Gasteiger partial charge in [-0.2, -0.15) is 0 Å². The van der Waals surface area contributed by atoms with Crippen LogP contribution >= 0.6 is 11.6 Å². The number of nitrogens with one attached hydrogen (secondary N) is 1. The second-order valence-electron chi connectivity index (χ2n) is 8.11. The van der Waals surface area contributed by atoms with Gasteiger partial charge >= 0.3 is 6.03 Å². The van der Waals surface area contributed by atoms with Crippen molar-refractivity contribution in [3.8, 4) is 5.69 Å². The zero-order chi connectivity index (χ0) is 23.4. The summed E-state index contributed by atoms with van der Waals surface area (Å²) in [6.45, 7) is 12.3. The van der Waals surface area contributed by atoms with Gasteiger partial charge in [0.05, 0.1) is 24.1 Å². The molecule has 3 rings (SSSR count). The van der Waals surface area contributed by atoms with Crippen LogP contribution in [0.4, 0.5) is 4.79 Å². The summed E-state index contributed by atoms with van der Waals surface area (Å²) in [5, 5.41) is 3.87. The maximum Gasteiger partial charge on any atom is 0.325 e.